The Bertz CT molecular complexity index is 1060. The van der Waals surface area contributed by atoms with Crippen LogP contribution in [0.4, 0.5) is 18.9 Å². The van der Waals surface area contributed by atoms with Crippen molar-refractivity contribution in [2.24, 2.45) is 5.92 Å². The number of carbonyl (C=O) groups is 1. The van der Waals surface area contributed by atoms with Crippen LogP contribution in [0.25, 0.3) is 0 Å². The van der Waals surface area contributed by atoms with E-state index in [1.165, 1.54) is 36.1 Å². The van der Waals surface area contributed by atoms with E-state index in [0.717, 1.165) is 43.7 Å². The molecule has 1 aliphatic carbocycles. The SMILES string of the molecule is O=C(CNc1cccc2c1CCN(CC1CC1)C2)N(Cc1ccccc1C(F)(F)F)C1CCOCC1. The van der Waals surface area contributed by atoms with Crippen LogP contribution in [0.5, 0.6) is 0 Å². The number of anilines is 1. The number of amides is 1. The number of nitrogens with zero attached hydrogens (tertiary/aromatic N) is 2. The summed E-state index contributed by atoms with van der Waals surface area (Å²) in [5, 5.41) is 3.33. The largest absolute Gasteiger partial charge is 0.416 e. The summed E-state index contributed by atoms with van der Waals surface area (Å²) in [6.45, 7) is 4.10. The summed E-state index contributed by atoms with van der Waals surface area (Å²) in [6, 6.07) is 11.6. The van der Waals surface area contributed by atoms with Gasteiger partial charge in [-0.1, -0.05) is 30.3 Å². The molecule has 0 radical (unpaired) electrons. The lowest BCUT2D eigenvalue weighted by Crippen LogP contribution is -2.45. The Labute approximate surface area is 210 Å². The molecule has 36 heavy (non-hydrogen) atoms. The van der Waals surface area contributed by atoms with Crippen molar-refractivity contribution in [1.82, 2.24) is 9.80 Å². The molecule has 0 unspecified atom stereocenters. The van der Waals surface area contributed by atoms with Gasteiger partial charge in [-0.3, -0.25) is 9.69 Å². The zero-order valence-corrected chi connectivity index (χ0v) is 20.5. The predicted octanol–water partition coefficient (Wildman–Crippen LogP) is 5.09. The van der Waals surface area contributed by atoms with Crippen LogP contribution in [0.15, 0.2) is 42.5 Å². The van der Waals surface area contributed by atoms with Crippen LogP contribution in [0.3, 0.4) is 0 Å². The summed E-state index contributed by atoms with van der Waals surface area (Å²) in [6.07, 6.45) is 0.390. The average molecular weight is 502 g/mol. The van der Waals surface area contributed by atoms with Gasteiger partial charge < -0.3 is 15.0 Å². The third kappa shape index (κ3) is 6.03. The number of ether oxygens (including phenoxy) is 1. The quantitative estimate of drug-likeness (QED) is 0.547. The molecule has 1 saturated heterocycles. The Kier molecular flexibility index (Phi) is 7.53. The molecule has 2 aromatic carbocycles. The molecule has 194 valence electrons. The first-order chi connectivity index (χ1) is 17.4. The van der Waals surface area contributed by atoms with Gasteiger partial charge in [-0.05, 0) is 66.8 Å². The minimum atomic E-state index is -4.46. The van der Waals surface area contributed by atoms with Gasteiger partial charge in [0, 0.05) is 51.1 Å². The summed E-state index contributed by atoms with van der Waals surface area (Å²) < 4.78 is 46.3. The molecule has 2 aromatic rings. The van der Waals surface area contributed by atoms with Gasteiger partial charge >= 0.3 is 6.18 Å². The maximum absolute atomic E-state index is 13.6. The van der Waals surface area contributed by atoms with Crippen molar-refractivity contribution in [3.8, 4) is 0 Å². The molecule has 2 fully saturated rings. The average Bonchev–Trinajstić information content (AvgIpc) is 3.70. The first-order valence-corrected chi connectivity index (χ1v) is 13.0. The van der Waals surface area contributed by atoms with E-state index in [9.17, 15) is 18.0 Å². The highest BCUT2D eigenvalue weighted by Crippen LogP contribution is 2.34. The van der Waals surface area contributed by atoms with Crippen LogP contribution in [0, 0.1) is 5.92 Å². The standard InChI is InChI=1S/C28H34F3N3O2/c29-28(30,31)25-6-2-1-4-22(25)19-34(23-11-14-36-15-12-23)27(35)16-32-26-7-3-5-21-18-33(13-10-24(21)26)17-20-8-9-20/h1-7,20,23,32H,8-19H2. The van der Waals surface area contributed by atoms with Crippen LogP contribution in [0.1, 0.15) is 47.9 Å². The molecule has 0 aromatic heterocycles. The molecular weight excluding hydrogens is 467 g/mol. The van der Waals surface area contributed by atoms with Crippen LogP contribution in [-0.2, 0) is 35.2 Å². The fraction of sp³-hybridized carbons (Fsp3) is 0.536. The van der Waals surface area contributed by atoms with Crippen molar-refractivity contribution in [3.63, 3.8) is 0 Å². The smallest absolute Gasteiger partial charge is 0.381 e. The third-order valence-electron chi connectivity index (χ3n) is 7.60. The van der Waals surface area contributed by atoms with Crippen molar-refractivity contribution in [3.05, 3.63) is 64.7 Å². The molecule has 0 spiro atoms. The molecule has 0 bridgehead atoms. The molecule has 0 atom stereocenters. The molecule has 1 amide bonds. The number of carbonyl (C=O) groups excluding carboxylic acids is 1. The Morgan fingerprint density at radius 1 is 1.06 bits per heavy atom. The molecule has 5 rings (SSSR count). The molecule has 8 heteroatoms. The van der Waals surface area contributed by atoms with Crippen LogP contribution in [0.2, 0.25) is 0 Å². The van der Waals surface area contributed by atoms with Gasteiger partial charge in [-0.25, -0.2) is 0 Å². The number of rotatable bonds is 8. The predicted molar refractivity (Wildman–Crippen MR) is 132 cm³/mol. The Morgan fingerprint density at radius 2 is 1.83 bits per heavy atom. The normalized spacial score (nSPS) is 19.1. The van der Waals surface area contributed by atoms with Gasteiger partial charge in [-0.2, -0.15) is 13.2 Å². The van der Waals surface area contributed by atoms with Crippen molar-refractivity contribution >= 4 is 11.6 Å². The second-order valence-corrected chi connectivity index (χ2v) is 10.2. The van der Waals surface area contributed by atoms with Gasteiger partial charge in [0.2, 0.25) is 5.91 Å². The van der Waals surface area contributed by atoms with Gasteiger partial charge in [0.25, 0.3) is 0 Å². The Morgan fingerprint density at radius 3 is 2.58 bits per heavy atom. The lowest BCUT2D eigenvalue weighted by Gasteiger charge is -2.35. The number of nitrogens with one attached hydrogen (secondary N) is 1. The second-order valence-electron chi connectivity index (χ2n) is 10.2. The Balaban J connectivity index is 1.30. The summed E-state index contributed by atoms with van der Waals surface area (Å²) in [5.41, 5.74) is 2.93. The molecule has 1 N–H and O–H groups in total. The minimum absolute atomic E-state index is 0.0494. The van der Waals surface area contributed by atoms with Gasteiger partial charge in [-0.15, -0.1) is 0 Å². The van der Waals surface area contributed by atoms with Crippen molar-refractivity contribution in [1.29, 1.82) is 0 Å². The third-order valence-corrected chi connectivity index (χ3v) is 7.60. The lowest BCUT2D eigenvalue weighted by molar-refractivity contribution is -0.141. The van der Waals surface area contributed by atoms with E-state index in [1.54, 1.807) is 11.0 Å². The van der Waals surface area contributed by atoms with Crippen molar-refractivity contribution in [2.75, 3.05) is 38.2 Å². The first-order valence-electron chi connectivity index (χ1n) is 13.0. The molecular formula is C28H34F3N3O2. The fourth-order valence-electron chi connectivity index (χ4n) is 5.46. The molecule has 2 aliphatic heterocycles. The van der Waals surface area contributed by atoms with Gasteiger partial charge in [0.15, 0.2) is 0 Å². The van der Waals surface area contributed by atoms with Crippen LogP contribution >= 0.6 is 0 Å². The van der Waals surface area contributed by atoms with E-state index < -0.39 is 11.7 Å². The highest BCUT2D eigenvalue weighted by molar-refractivity contribution is 5.81. The lowest BCUT2D eigenvalue weighted by atomic mass is 9.97. The first kappa shape index (κ1) is 25.1. The summed E-state index contributed by atoms with van der Waals surface area (Å²) >= 11 is 0. The van der Waals surface area contributed by atoms with E-state index in [1.807, 2.05) is 12.1 Å². The zero-order valence-electron chi connectivity index (χ0n) is 20.5. The number of fused-ring (bicyclic) bond motifs is 1. The molecule has 1 saturated carbocycles. The number of halogens is 3. The number of benzene rings is 2. The topological polar surface area (TPSA) is 44.8 Å². The maximum atomic E-state index is 13.6. The van der Waals surface area contributed by atoms with Crippen LogP contribution < -0.4 is 5.32 Å². The monoisotopic (exact) mass is 501 g/mol. The molecule has 5 nitrogen and oxygen atoms in total. The summed E-state index contributed by atoms with van der Waals surface area (Å²) in [4.78, 5) is 17.6. The molecule has 3 aliphatic rings. The highest BCUT2D eigenvalue weighted by atomic mass is 19.4. The highest BCUT2D eigenvalue weighted by Gasteiger charge is 2.35. The van der Waals surface area contributed by atoms with Gasteiger partial charge in [0.1, 0.15) is 0 Å². The minimum Gasteiger partial charge on any atom is -0.381 e. The van der Waals surface area contributed by atoms with E-state index >= 15 is 0 Å². The van der Waals surface area contributed by atoms with E-state index in [0.29, 0.717) is 26.1 Å². The molecule has 2 heterocycles. The van der Waals surface area contributed by atoms with Crippen molar-refractivity contribution in [2.45, 2.75) is 57.4 Å². The van der Waals surface area contributed by atoms with E-state index in [-0.39, 0.29) is 30.6 Å². The maximum Gasteiger partial charge on any atom is 0.416 e. The fourth-order valence-corrected chi connectivity index (χ4v) is 5.46. The zero-order chi connectivity index (χ0) is 25.1. The van der Waals surface area contributed by atoms with Crippen LogP contribution in [-0.4, -0.2) is 54.6 Å². The summed E-state index contributed by atoms with van der Waals surface area (Å²) in [7, 11) is 0. The van der Waals surface area contributed by atoms with E-state index in [2.05, 4.69) is 16.3 Å². The summed E-state index contributed by atoms with van der Waals surface area (Å²) in [5.74, 6) is 0.659. The Hall–Kier alpha value is -2.58. The number of hydrogen-bond donors (Lipinski definition) is 1. The van der Waals surface area contributed by atoms with Crippen molar-refractivity contribution < 1.29 is 22.7 Å². The number of hydrogen-bond acceptors (Lipinski definition) is 4. The second kappa shape index (κ2) is 10.8. The van der Waals surface area contributed by atoms with E-state index in [4.69, 9.17) is 4.74 Å². The van der Waals surface area contributed by atoms with Gasteiger partial charge in [0.05, 0.1) is 12.1 Å². The number of alkyl halides is 3.